The molecule has 2 aliphatic heterocycles. The van der Waals surface area contributed by atoms with Gasteiger partial charge in [0.05, 0.1) is 6.33 Å². The minimum absolute atomic E-state index is 0.114. The Hall–Kier alpha value is -1.85. The highest BCUT2D eigenvalue weighted by Crippen LogP contribution is 2.39. The first-order chi connectivity index (χ1) is 13.0. The maximum Gasteiger partial charge on any atom is 0.222 e. The molecule has 1 aromatic rings. The molecular formula is C21H34N4O2. The van der Waals surface area contributed by atoms with Crippen LogP contribution in [-0.4, -0.2) is 57.3 Å². The predicted molar refractivity (Wildman–Crippen MR) is 105 cm³/mol. The Morgan fingerprint density at radius 2 is 2.11 bits per heavy atom. The first kappa shape index (κ1) is 19.9. The highest BCUT2D eigenvalue weighted by Gasteiger charge is 2.42. The highest BCUT2D eigenvalue weighted by molar-refractivity contribution is 5.78. The summed E-state index contributed by atoms with van der Waals surface area (Å²) in [4.78, 5) is 33.2. The zero-order chi connectivity index (χ0) is 19.3. The van der Waals surface area contributed by atoms with Crippen molar-refractivity contribution in [3.63, 3.8) is 0 Å². The molecule has 0 radical (unpaired) electrons. The fourth-order valence-corrected chi connectivity index (χ4v) is 4.46. The summed E-state index contributed by atoms with van der Waals surface area (Å²) < 4.78 is 2.02. The zero-order valence-electron chi connectivity index (χ0n) is 16.9. The van der Waals surface area contributed by atoms with Crippen LogP contribution in [0.4, 0.5) is 0 Å². The van der Waals surface area contributed by atoms with E-state index in [4.69, 9.17) is 0 Å². The Morgan fingerprint density at radius 1 is 1.26 bits per heavy atom. The molecule has 0 aliphatic carbocycles. The molecule has 2 saturated heterocycles. The van der Waals surface area contributed by atoms with E-state index in [-0.39, 0.29) is 11.3 Å². The second kappa shape index (κ2) is 8.89. The van der Waals surface area contributed by atoms with E-state index in [1.807, 2.05) is 10.8 Å². The third-order valence-corrected chi connectivity index (χ3v) is 6.10. The summed E-state index contributed by atoms with van der Waals surface area (Å²) in [6.45, 7) is 8.62. The van der Waals surface area contributed by atoms with Crippen molar-refractivity contribution in [3.8, 4) is 0 Å². The second-order valence-electron chi connectivity index (χ2n) is 8.82. The fraction of sp³-hybridized carbons (Fsp3) is 0.762. The van der Waals surface area contributed by atoms with E-state index < -0.39 is 0 Å². The maximum atomic E-state index is 12.7. The molecule has 150 valence electrons. The fourth-order valence-electron chi connectivity index (χ4n) is 4.46. The summed E-state index contributed by atoms with van der Waals surface area (Å²) >= 11 is 0. The lowest BCUT2D eigenvalue weighted by Crippen LogP contribution is -2.55. The number of aryl methyl sites for hydroxylation is 1. The van der Waals surface area contributed by atoms with Gasteiger partial charge in [0.15, 0.2) is 0 Å². The van der Waals surface area contributed by atoms with Gasteiger partial charge in [-0.05, 0) is 38.0 Å². The van der Waals surface area contributed by atoms with Gasteiger partial charge in [-0.3, -0.25) is 9.59 Å². The Kier molecular flexibility index (Phi) is 6.55. The van der Waals surface area contributed by atoms with Crippen molar-refractivity contribution in [2.45, 2.75) is 65.3 Å². The van der Waals surface area contributed by atoms with Crippen molar-refractivity contribution in [2.24, 2.45) is 11.3 Å². The first-order valence-electron chi connectivity index (χ1n) is 10.5. The summed E-state index contributed by atoms with van der Waals surface area (Å²) in [5.74, 6) is 1.17. The molecule has 0 bridgehead atoms. The number of piperidine rings is 2. The monoisotopic (exact) mass is 374 g/mol. The van der Waals surface area contributed by atoms with Gasteiger partial charge >= 0.3 is 0 Å². The van der Waals surface area contributed by atoms with E-state index >= 15 is 0 Å². The third kappa shape index (κ3) is 5.33. The molecular weight excluding hydrogens is 340 g/mol. The van der Waals surface area contributed by atoms with Gasteiger partial charge in [-0.1, -0.05) is 13.8 Å². The van der Waals surface area contributed by atoms with E-state index in [1.165, 1.54) is 0 Å². The van der Waals surface area contributed by atoms with Crippen LogP contribution in [0, 0.1) is 11.3 Å². The number of amides is 2. The van der Waals surface area contributed by atoms with E-state index in [0.717, 1.165) is 64.8 Å². The summed E-state index contributed by atoms with van der Waals surface area (Å²) in [6, 6.07) is 0. The number of carbonyl (C=O) groups excluding carboxylic acids is 2. The molecule has 6 nitrogen and oxygen atoms in total. The molecule has 0 unspecified atom stereocenters. The van der Waals surface area contributed by atoms with Gasteiger partial charge in [-0.2, -0.15) is 0 Å². The van der Waals surface area contributed by atoms with Crippen LogP contribution in [0.25, 0.3) is 0 Å². The van der Waals surface area contributed by atoms with E-state index in [1.54, 1.807) is 12.5 Å². The zero-order valence-corrected chi connectivity index (χ0v) is 16.9. The average molecular weight is 375 g/mol. The predicted octanol–water partition coefficient (Wildman–Crippen LogP) is 2.94. The molecule has 1 aromatic heterocycles. The smallest absolute Gasteiger partial charge is 0.222 e. The molecule has 1 atom stereocenters. The number of aromatic nitrogens is 2. The SMILES string of the molecule is CC(C)CCN1C[C@@]2(CCCN(C(=O)CCCn3ccnc3)C2)CCC1=O. The van der Waals surface area contributed by atoms with Gasteiger partial charge in [-0.25, -0.2) is 4.98 Å². The Morgan fingerprint density at radius 3 is 2.85 bits per heavy atom. The lowest BCUT2D eigenvalue weighted by molar-refractivity contribution is -0.143. The number of nitrogens with zero attached hydrogens (tertiary/aromatic N) is 4. The number of hydrogen-bond acceptors (Lipinski definition) is 3. The molecule has 3 rings (SSSR count). The van der Waals surface area contributed by atoms with Crippen LogP contribution in [0.1, 0.15) is 58.8 Å². The van der Waals surface area contributed by atoms with Gasteiger partial charge in [0.25, 0.3) is 0 Å². The summed E-state index contributed by atoms with van der Waals surface area (Å²) in [5, 5.41) is 0. The number of imidazole rings is 1. The van der Waals surface area contributed by atoms with Gasteiger partial charge < -0.3 is 14.4 Å². The van der Waals surface area contributed by atoms with E-state index in [9.17, 15) is 9.59 Å². The third-order valence-electron chi connectivity index (χ3n) is 6.10. The van der Waals surface area contributed by atoms with Gasteiger partial charge in [0.1, 0.15) is 0 Å². The highest BCUT2D eigenvalue weighted by atomic mass is 16.2. The number of rotatable bonds is 7. The molecule has 2 amide bonds. The van der Waals surface area contributed by atoms with Gasteiger partial charge in [0.2, 0.25) is 11.8 Å². The van der Waals surface area contributed by atoms with Crippen molar-refractivity contribution in [1.29, 1.82) is 0 Å². The molecule has 27 heavy (non-hydrogen) atoms. The average Bonchev–Trinajstić information content (AvgIpc) is 3.16. The quantitative estimate of drug-likeness (QED) is 0.737. The molecule has 2 aliphatic rings. The minimum atomic E-state index is 0.114. The molecule has 0 N–H and O–H groups in total. The topological polar surface area (TPSA) is 58.4 Å². The number of hydrogen-bond donors (Lipinski definition) is 0. The Bertz CT molecular complexity index is 628. The van der Waals surface area contributed by atoms with Crippen LogP contribution in [0.3, 0.4) is 0 Å². The van der Waals surface area contributed by atoms with Gasteiger partial charge in [0, 0.05) is 63.4 Å². The Labute approximate surface area is 162 Å². The molecule has 6 heteroatoms. The molecule has 0 aromatic carbocycles. The van der Waals surface area contributed by atoms with Crippen molar-refractivity contribution in [1.82, 2.24) is 19.4 Å². The summed E-state index contributed by atoms with van der Waals surface area (Å²) in [6.07, 6.45) is 11.8. The van der Waals surface area contributed by atoms with Crippen molar-refractivity contribution >= 4 is 11.8 Å². The number of likely N-dealkylation sites (tertiary alicyclic amines) is 2. The van der Waals surface area contributed by atoms with Gasteiger partial charge in [-0.15, -0.1) is 0 Å². The minimum Gasteiger partial charge on any atom is -0.342 e. The molecule has 3 heterocycles. The van der Waals surface area contributed by atoms with Crippen LogP contribution in [0.15, 0.2) is 18.7 Å². The number of carbonyl (C=O) groups is 2. The summed E-state index contributed by atoms with van der Waals surface area (Å²) in [7, 11) is 0. The van der Waals surface area contributed by atoms with Crippen LogP contribution in [-0.2, 0) is 16.1 Å². The Balaban J connectivity index is 1.52. The molecule has 0 saturated carbocycles. The standard InChI is InChI=1S/C21H34N4O2/c1-18(2)7-13-25-16-21(9-6-20(25)27)8-4-12-24(15-21)19(26)5-3-11-23-14-10-22-17-23/h10,14,17-18H,3-9,11-13,15-16H2,1-2H3/t21-/m0/s1. The lowest BCUT2D eigenvalue weighted by Gasteiger charge is -2.48. The molecule has 1 spiro atoms. The largest absolute Gasteiger partial charge is 0.342 e. The van der Waals surface area contributed by atoms with Crippen molar-refractivity contribution in [3.05, 3.63) is 18.7 Å². The van der Waals surface area contributed by atoms with Crippen LogP contribution in [0.2, 0.25) is 0 Å². The molecule has 2 fully saturated rings. The van der Waals surface area contributed by atoms with Crippen LogP contribution >= 0.6 is 0 Å². The van der Waals surface area contributed by atoms with Crippen LogP contribution < -0.4 is 0 Å². The normalized spacial score (nSPS) is 23.4. The first-order valence-corrected chi connectivity index (χ1v) is 10.5. The van der Waals surface area contributed by atoms with Crippen molar-refractivity contribution < 1.29 is 9.59 Å². The van der Waals surface area contributed by atoms with Crippen molar-refractivity contribution in [2.75, 3.05) is 26.2 Å². The lowest BCUT2D eigenvalue weighted by atomic mass is 9.73. The summed E-state index contributed by atoms with van der Waals surface area (Å²) in [5.41, 5.74) is 0.114. The van der Waals surface area contributed by atoms with E-state index in [0.29, 0.717) is 24.7 Å². The maximum absolute atomic E-state index is 12.7. The van der Waals surface area contributed by atoms with Crippen LogP contribution in [0.5, 0.6) is 0 Å². The second-order valence-corrected chi connectivity index (χ2v) is 8.82. The van der Waals surface area contributed by atoms with E-state index in [2.05, 4.69) is 28.6 Å².